The van der Waals surface area contributed by atoms with Gasteiger partial charge < -0.3 is 10.6 Å². The van der Waals surface area contributed by atoms with Gasteiger partial charge in [0.15, 0.2) is 5.82 Å². The Morgan fingerprint density at radius 2 is 2.15 bits per heavy atom. The maximum absolute atomic E-state index is 13.3. The number of benzene rings is 1. The number of hydrogen-bond donors (Lipinski definition) is 2. The summed E-state index contributed by atoms with van der Waals surface area (Å²) in [5, 5.41) is 12.6. The SMILES string of the molecule is O=C(N[C@H]1CCCNC1)c1nc(-c2cccs2)n(-c2ccc(F)cc2)n1. The van der Waals surface area contributed by atoms with Crippen LogP contribution in [0.4, 0.5) is 4.39 Å². The quantitative estimate of drug-likeness (QED) is 0.740. The van der Waals surface area contributed by atoms with Gasteiger partial charge in [0, 0.05) is 12.6 Å². The van der Waals surface area contributed by atoms with E-state index in [9.17, 15) is 9.18 Å². The lowest BCUT2D eigenvalue weighted by atomic mass is 10.1. The van der Waals surface area contributed by atoms with Gasteiger partial charge >= 0.3 is 0 Å². The predicted octanol–water partition coefficient (Wildman–Crippen LogP) is 2.62. The number of nitrogens with one attached hydrogen (secondary N) is 2. The smallest absolute Gasteiger partial charge is 0.291 e. The van der Waals surface area contributed by atoms with Crippen LogP contribution < -0.4 is 10.6 Å². The molecule has 1 fully saturated rings. The minimum absolute atomic E-state index is 0.0826. The highest BCUT2D eigenvalue weighted by molar-refractivity contribution is 7.13. The molecule has 1 aromatic carbocycles. The van der Waals surface area contributed by atoms with Gasteiger partial charge in [-0.3, -0.25) is 4.79 Å². The highest BCUT2D eigenvalue weighted by Crippen LogP contribution is 2.25. The molecule has 6 nitrogen and oxygen atoms in total. The van der Waals surface area contributed by atoms with Gasteiger partial charge in [0.1, 0.15) is 5.82 Å². The minimum atomic E-state index is -0.325. The van der Waals surface area contributed by atoms with Crippen molar-refractivity contribution < 1.29 is 9.18 Å². The first kappa shape index (κ1) is 16.9. The van der Waals surface area contributed by atoms with E-state index in [2.05, 4.69) is 20.7 Å². The average Bonchev–Trinajstić information content (AvgIpc) is 3.33. The third kappa shape index (κ3) is 3.51. The van der Waals surface area contributed by atoms with E-state index in [1.165, 1.54) is 23.5 Å². The van der Waals surface area contributed by atoms with E-state index in [0.29, 0.717) is 11.5 Å². The summed E-state index contributed by atoms with van der Waals surface area (Å²) in [5.74, 6) is 0.0634. The summed E-state index contributed by atoms with van der Waals surface area (Å²) in [7, 11) is 0. The first-order chi connectivity index (χ1) is 12.7. The van der Waals surface area contributed by atoms with Crippen molar-refractivity contribution in [3.05, 3.63) is 53.4 Å². The van der Waals surface area contributed by atoms with Crippen molar-refractivity contribution in [2.45, 2.75) is 18.9 Å². The van der Waals surface area contributed by atoms with Crippen molar-refractivity contribution in [1.29, 1.82) is 0 Å². The molecule has 0 bridgehead atoms. The highest BCUT2D eigenvalue weighted by Gasteiger charge is 2.22. The van der Waals surface area contributed by atoms with Crippen LogP contribution in [0.15, 0.2) is 41.8 Å². The minimum Gasteiger partial charge on any atom is -0.345 e. The van der Waals surface area contributed by atoms with Crippen LogP contribution in [0.5, 0.6) is 0 Å². The summed E-state index contributed by atoms with van der Waals surface area (Å²) in [6.45, 7) is 1.73. The van der Waals surface area contributed by atoms with Crippen LogP contribution in [-0.2, 0) is 0 Å². The first-order valence-corrected chi connectivity index (χ1v) is 9.37. The van der Waals surface area contributed by atoms with Gasteiger partial charge in [-0.05, 0) is 55.1 Å². The second kappa shape index (κ2) is 7.35. The normalized spacial score (nSPS) is 17.2. The van der Waals surface area contributed by atoms with Crippen LogP contribution in [-0.4, -0.2) is 39.8 Å². The summed E-state index contributed by atoms with van der Waals surface area (Å²) in [6.07, 6.45) is 1.97. The van der Waals surface area contributed by atoms with E-state index in [0.717, 1.165) is 30.8 Å². The van der Waals surface area contributed by atoms with E-state index < -0.39 is 0 Å². The Morgan fingerprint density at radius 3 is 2.85 bits per heavy atom. The Bertz CT molecular complexity index is 885. The van der Waals surface area contributed by atoms with Crippen molar-refractivity contribution in [3.63, 3.8) is 0 Å². The first-order valence-electron chi connectivity index (χ1n) is 8.49. The highest BCUT2D eigenvalue weighted by atomic mass is 32.1. The summed E-state index contributed by atoms with van der Waals surface area (Å²) in [6, 6.07) is 9.88. The van der Waals surface area contributed by atoms with Crippen LogP contribution in [0.2, 0.25) is 0 Å². The fraction of sp³-hybridized carbons (Fsp3) is 0.278. The van der Waals surface area contributed by atoms with E-state index in [4.69, 9.17) is 0 Å². The number of carbonyl (C=O) groups is 1. The third-order valence-corrected chi connectivity index (χ3v) is 5.12. The Morgan fingerprint density at radius 1 is 1.31 bits per heavy atom. The maximum atomic E-state index is 13.3. The van der Waals surface area contributed by atoms with Crippen molar-refractivity contribution in [3.8, 4) is 16.4 Å². The van der Waals surface area contributed by atoms with E-state index >= 15 is 0 Å². The number of piperidine rings is 1. The molecule has 0 unspecified atom stereocenters. The topological polar surface area (TPSA) is 71.8 Å². The molecule has 26 heavy (non-hydrogen) atoms. The van der Waals surface area contributed by atoms with E-state index in [-0.39, 0.29) is 23.6 Å². The molecule has 1 aliphatic rings. The molecular weight excluding hydrogens is 353 g/mol. The molecule has 2 N–H and O–H groups in total. The van der Waals surface area contributed by atoms with E-state index in [1.54, 1.807) is 16.8 Å². The summed E-state index contributed by atoms with van der Waals surface area (Å²) >= 11 is 1.51. The molecule has 1 atom stereocenters. The molecule has 1 aliphatic heterocycles. The molecular formula is C18H18FN5OS. The van der Waals surface area contributed by atoms with Crippen LogP contribution in [0.25, 0.3) is 16.4 Å². The van der Waals surface area contributed by atoms with Gasteiger partial charge in [0.2, 0.25) is 5.82 Å². The Hall–Kier alpha value is -2.58. The average molecular weight is 371 g/mol. The molecule has 4 rings (SSSR count). The molecule has 0 spiro atoms. The second-order valence-electron chi connectivity index (χ2n) is 6.14. The monoisotopic (exact) mass is 371 g/mol. The van der Waals surface area contributed by atoms with Gasteiger partial charge in [-0.2, -0.15) is 0 Å². The number of hydrogen-bond acceptors (Lipinski definition) is 5. The zero-order chi connectivity index (χ0) is 17.9. The van der Waals surface area contributed by atoms with E-state index in [1.807, 2.05) is 17.5 Å². The molecule has 8 heteroatoms. The maximum Gasteiger partial charge on any atom is 0.291 e. The van der Waals surface area contributed by atoms with Crippen molar-refractivity contribution >= 4 is 17.2 Å². The number of thiophene rings is 1. The molecule has 3 aromatic rings. The lowest BCUT2D eigenvalue weighted by molar-refractivity contribution is 0.0920. The Kier molecular flexibility index (Phi) is 4.77. The number of carbonyl (C=O) groups excluding carboxylic acids is 1. The van der Waals surface area contributed by atoms with Gasteiger partial charge in [-0.25, -0.2) is 14.1 Å². The van der Waals surface area contributed by atoms with Crippen molar-refractivity contribution in [2.24, 2.45) is 0 Å². The number of amides is 1. The number of nitrogens with zero attached hydrogens (tertiary/aromatic N) is 3. The lowest BCUT2D eigenvalue weighted by Crippen LogP contribution is -2.45. The summed E-state index contributed by atoms with van der Waals surface area (Å²) < 4.78 is 14.8. The largest absolute Gasteiger partial charge is 0.345 e. The molecule has 134 valence electrons. The number of halogens is 1. The number of rotatable bonds is 4. The van der Waals surface area contributed by atoms with Crippen LogP contribution in [0.1, 0.15) is 23.5 Å². The van der Waals surface area contributed by atoms with Gasteiger partial charge in [-0.15, -0.1) is 16.4 Å². The van der Waals surface area contributed by atoms with Crippen LogP contribution in [0, 0.1) is 5.82 Å². The molecule has 0 radical (unpaired) electrons. The van der Waals surface area contributed by atoms with Gasteiger partial charge in [-0.1, -0.05) is 6.07 Å². The van der Waals surface area contributed by atoms with Gasteiger partial charge in [0.25, 0.3) is 5.91 Å². The second-order valence-corrected chi connectivity index (χ2v) is 7.09. The number of aromatic nitrogens is 3. The molecule has 2 aromatic heterocycles. The van der Waals surface area contributed by atoms with Crippen molar-refractivity contribution in [2.75, 3.05) is 13.1 Å². The summed E-state index contributed by atoms with van der Waals surface area (Å²) in [4.78, 5) is 17.9. The molecule has 0 aliphatic carbocycles. The zero-order valence-electron chi connectivity index (χ0n) is 14.0. The Labute approximate surface area is 154 Å². The zero-order valence-corrected chi connectivity index (χ0v) is 14.8. The van der Waals surface area contributed by atoms with Crippen LogP contribution >= 0.6 is 11.3 Å². The fourth-order valence-electron chi connectivity index (χ4n) is 2.96. The molecule has 1 saturated heterocycles. The Balaban J connectivity index is 1.66. The lowest BCUT2D eigenvalue weighted by Gasteiger charge is -2.23. The molecule has 1 amide bonds. The van der Waals surface area contributed by atoms with Crippen molar-refractivity contribution in [1.82, 2.24) is 25.4 Å². The molecule has 0 saturated carbocycles. The fourth-order valence-corrected chi connectivity index (χ4v) is 3.66. The van der Waals surface area contributed by atoms with Crippen LogP contribution in [0.3, 0.4) is 0 Å². The predicted molar refractivity (Wildman–Crippen MR) is 98.0 cm³/mol. The summed E-state index contributed by atoms with van der Waals surface area (Å²) in [5.41, 5.74) is 0.653. The standard InChI is InChI=1S/C18H18FN5OS/c19-12-5-7-14(8-6-12)24-17(15-4-2-10-26-15)22-16(23-24)18(25)21-13-3-1-9-20-11-13/h2,4-8,10,13,20H,1,3,9,11H2,(H,21,25)/t13-/m0/s1. The van der Waals surface area contributed by atoms with Gasteiger partial charge in [0.05, 0.1) is 10.6 Å². The molecule has 3 heterocycles. The third-order valence-electron chi connectivity index (χ3n) is 4.26.